The molecule has 8 heteroatoms. The number of nitrogens with two attached hydrogens (primary N) is 1. The van der Waals surface area contributed by atoms with Crippen LogP contribution in [0.15, 0.2) is 35.8 Å². The van der Waals surface area contributed by atoms with E-state index in [1.54, 1.807) is 29.8 Å². The molecule has 0 fully saturated rings. The van der Waals surface area contributed by atoms with Crippen LogP contribution in [-0.2, 0) is 13.6 Å². The first-order valence-electron chi connectivity index (χ1n) is 6.42. The SMILES string of the molecule is C=C(N=CN)c1nnc(CNc2cccc(C(=O)O)c2)n1C. The topological polar surface area (TPSA) is 118 Å². The van der Waals surface area contributed by atoms with Crippen LogP contribution in [0.2, 0.25) is 0 Å². The molecule has 0 radical (unpaired) electrons. The summed E-state index contributed by atoms with van der Waals surface area (Å²) in [7, 11) is 1.79. The maximum Gasteiger partial charge on any atom is 0.335 e. The van der Waals surface area contributed by atoms with E-state index in [-0.39, 0.29) is 5.56 Å². The molecule has 0 unspecified atom stereocenters. The summed E-state index contributed by atoms with van der Waals surface area (Å²) in [6.45, 7) is 4.13. The molecule has 1 heterocycles. The van der Waals surface area contributed by atoms with Crippen molar-refractivity contribution in [2.75, 3.05) is 5.32 Å². The molecule has 0 aliphatic heterocycles. The number of nitrogens with one attached hydrogen (secondary N) is 1. The lowest BCUT2D eigenvalue weighted by molar-refractivity contribution is 0.0697. The molecule has 22 heavy (non-hydrogen) atoms. The number of nitrogens with zero attached hydrogens (tertiary/aromatic N) is 4. The third-order valence-corrected chi connectivity index (χ3v) is 3.01. The fourth-order valence-electron chi connectivity index (χ4n) is 1.86. The lowest BCUT2D eigenvalue weighted by Crippen LogP contribution is -2.08. The molecule has 0 bridgehead atoms. The Labute approximate surface area is 127 Å². The molecule has 8 nitrogen and oxygen atoms in total. The van der Waals surface area contributed by atoms with Crippen LogP contribution in [0, 0.1) is 0 Å². The molecular weight excluding hydrogens is 284 g/mol. The minimum atomic E-state index is -0.972. The molecule has 0 atom stereocenters. The van der Waals surface area contributed by atoms with E-state index in [1.165, 1.54) is 6.07 Å². The highest BCUT2D eigenvalue weighted by Crippen LogP contribution is 2.14. The lowest BCUT2D eigenvalue weighted by Gasteiger charge is -2.07. The number of aliphatic imine (C=N–C) groups is 1. The van der Waals surface area contributed by atoms with Crippen molar-refractivity contribution >= 4 is 23.7 Å². The van der Waals surface area contributed by atoms with Crippen LogP contribution >= 0.6 is 0 Å². The van der Waals surface area contributed by atoms with Crippen molar-refractivity contribution in [1.82, 2.24) is 14.8 Å². The van der Waals surface area contributed by atoms with E-state index < -0.39 is 5.97 Å². The molecule has 2 rings (SSSR count). The molecule has 0 spiro atoms. The minimum Gasteiger partial charge on any atom is -0.478 e. The zero-order valence-electron chi connectivity index (χ0n) is 12.0. The van der Waals surface area contributed by atoms with Crippen LogP contribution in [0.5, 0.6) is 0 Å². The van der Waals surface area contributed by atoms with Crippen LogP contribution in [0.25, 0.3) is 5.70 Å². The first-order valence-corrected chi connectivity index (χ1v) is 6.42. The summed E-state index contributed by atoms with van der Waals surface area (Å²) in [6, 6.07) is 6.53. The van der Waals surface area contributed by atoms with Crippen molar-refractivity contribution in [3.63, 3.8) is 0 Å². The van der Waals surface area contributed by atoms with Crippen molar-refractivity contribution in [2.45, 2.75) is 6.54 Å². The van der Waals surface area contributed by atoms with E-state index in [0.29, 0.717) is 29.6 Å². The Morgan fingerprint density at radius 2 is 2.32 bits per heavy atom. The largest absolute Gasteiger partial charge is 0.478 e. The molecule has 114 valence electrons. The first-order chi connectivity index (χ1) is 10.5. The number of carboxylic acid groups (broad SMARTS) is 1. The average molecular weight is 300 g/mol. The average Bonchev–Trinajstić information content (AvgIpc) is 2.87. The van der Waals surface area contributed by atoms with Gasteiger partial charge in [-0.15, -0.1) is 10.2 Å². The van der Waals surface area contributed by atoms with E-state index in [4.69, 9.17) is 10.8 Å². The minimum absolute atomic E-state index is 0.217. The number of rotatable bonds is 6. The highest BCUT2D eigenvalue weighted by atomic mass is 16.4. The van der Waals surface area contributed by atoms with Crippen LogP contribution < -0.4 is 11.1 Å². The Kier molecular flexibility index (Phi) is 4.52. The summed E-state index contributed by atoms with van der Waals surface area (Å²) in [5.41, 5.74) is 6.54. The van der Waals surface area contributed by atoms with Gasteiger partial charge in [-0.1, -0.05) is 12.6 Å². The predicted molar refractivity (Wildman–Crippen MR) is 83.4 cm³/mol. The van der Waals surface area contributed by atoms with E-state index >= 15 is 0 Å². The van der Waals surface area contributed by atoms with Gasteiger partial charge in [0.2, 0.25) is 0 Å². The fourth-order valence-corrected chi connectivity index (χ4v) is 1.86. The normalized spacial score (nSPS) is 10.8. The number of hydrogen-bond donors (Lipinski definition) is 3. The van der Waals surface area contributed by atoms with Gasteiger partial charge in [0.15, 0.2) is 11.6 Å². The van der Waals surface area contributed by atoms with Gasteiger partial charge in [0.1, 0.15) is 5.70 Å². The molecule has 1 aromatic carbocycles. The zero-order chi connectivity index (χ0) is 16.1. The summed E-state index contributed by atoms with van der Waals surface area (Å²) >= 11 is 0. The van der Waals surface area contributed by atoms with Gasteiger partial charge in [-0.3, -0.25) is 0 Å². The summed E-state index contributed by atoms with van der Waals surface area (Å²) in [4.78, 5) is 14.8. The molecule has 2 aromatic rings. The van der Waals surface area contributed by atoms with Gasteiger partial charge < -0.3 is 20.7 Å². The number of anilines is 1. The second-order valence-electron chi connectivity index (χ2n) is 4.46. The van der Waals surface area contributed by atoms with Crippen molar-refractivity contribution in [1.29, 1.82) is 0 Å². The van der Waals surface area contributed by atoms with Gasteiger partial charge >= 0.3 is 5.97 Å². The first kappa shape index (κ1) is 15.2. The van der Waals surface area contributed by atoms with Crippen molar-refractivity contribution in [2.24, 2.45) is 17.8 Å². The van der Waals surface area contributed by atoms with Gasteiger partial charge in [-0.25, -0.2) is 9.79 Å². The van der Waals surface area contributed by atoms with Gasteiger partial charge in [-0.2, -0.15) is 0 Å². The van der Waals surface area contributed by atoms with E-state index in [2.05, 4.69) is 27.1 Å². The summed E-state index contributed by atoms with van der Waals surface area (Å²) in [5.74, 6) is 0.197. The molecule has 0 amide bonds. The Bertz CT molecular complexity index is 735. The van der Waals surface area contributed by atoms with Crippen LogP contribution in [0.3, 0.4) is 0 Å². The maximum absolute atomic E-state index is 10.9. The quantitative estimate of drug-likeness (QED) is 0.542. The molecule has 0 aliphatic carbocycles. The van der Waals surface area contributed by atoms with Crippen molar-refractivity contribution in [3.8, 4) is 0 Å². The molecule has 0 aliphatic rings. The zero-order valence-corrected chi connectivity index (χ0v) is 12.0. The number of hydrogen-bond acceptors (Lipinski definition) is 5. The summed E-state index contributed by atoms with van der Waals surface area (Å²) < 4.78 is 1.74. The van der Waals surface area contributed by atoms with Gasteiger partial charge in [-0.05, 0) is 18.2 Å². The Morgan fingerprint density at radius 3 is 3.00 bits per heavy atom. The smallest absolute Gasteiger partial charge is 0.335 e. The standard InChI is InChI=1S/C14H16N6O2/c1-9(17-8-15)13-19-18-12(20(13)2)7-16-11-5-3-4-10(6-11)14(21)22/h3-6,8,16H,1,7H2,2H3,(H2,15,17)(H,21,22). The number of aromatic carboxylic acids is 1. The highest BCUT2D eigenvalue weighted by molar-refractivity contribution is 5.88. The Balaban J connectivity index is 2.11. The predicted octanol–water partition coefficient (Wildman–Crippen LogP) is 1.08. The summed E-state index contributed by atoms with van der Waals surface area (Å²) in [5, 5.41) is 20.1. The summed E-state index contributed by atoms with van der Waals surface area (Å²) in [6.07, 6.45) is 1.15. The van der Waals surface area contributed by atoms with Gasteiger partial charge in [0, 0.05) is 12.7 Å². The van der Waals surface area contributed by atoms with E-state index in [9.17, 15) is 4.79 Å². The van der Waals surface area contributed by atoms with Crippen LogP contribution in [0.1, 0.15) is 22.0 Å². The fraction of sp³-hybridized carbons (Fsp3) is 0.143. The molecule has 0 saturated carbocycles. The van der Waals surface area contributed by atoms with Crippen molar-refractivity contribution in [3.05, 3.63) is 48.1 Å². The number of carboxylic acids is 1. The number of benzene rings is 1. The third-order valence-electron chi connectivity index (χ3n) is 3.01. The monoisotopic (exact) mass is 300 g/mol. The Hall–Kier alpha value is -3.16. The van der Waals surface area contributed by atoms with Crippen LogP contribution in [0.4, 0.5) is 5.69 Å². The number of carbonyl (C=O) groups is 1. The molecule has 1 aromatic heterocycles. The highest BCUT2D eigenvalue weighted by Gasteiger charge is 2.11. The molecule has 0 saturated heterocycles. The second kappa shape index (κ2) is 6.53. The van der Waals surface area contributed by atoms with Gasteiger partial charge in [0.25, 0.3) is 0 Å². The van der Waals surface area contributed by atoms with Crippen LogP contribution in [-0.4, -0.2) is 32.2 Å². The Morgan fingerprint density at radius 1 is 1.55 bits per heavy atom. The van der Waals surface area contributed by atoms with Gasteiger partial charge in [0.05, 0.1) is 18.4 Å². The third kappa shape index (κ3) is 3.29. The van der Waals surface area contributed by atoms with E-state index in [1.807, 2.05) is 0 Å². The molecular formula is C14H16N6O2. The maximum atomic E-state index is 10.9. The molecule has 4 N–H and O–H groups in total. The second-order valence-corrected chi connectivity index (χ2v) is 4.46. The van der Waals surface area contributed by atoms with E-state index in [0.717, 1.165) is 6.34 Å². The van der Waals surface area contributed by atoms with Crippen molar-refractivity contribution < 1.29 is 9.90 Å². The lowest BCUT2D eigenvalue weighted by atomic mass is 10.2. The number of aromatic nitrogens is 3.